The number of nitrogens with one attached hydrogen (secondary N) is 1. The van der Waals surface area contributed by atoms with Gasteiger partial charge in [-0.1, -0.05) is 38.1 Å². The van der Waals surface area contributed by atoms with Gasteiger partial charge < -0.3 is 4.90 Å². The van der Waals surface area contributed by atoms with E-state index < -0.39 is 0 Å². The predicted molar refractivity (Wildman–Crippen MR) is 108 cm³/mol. The lowest BCUT2D eigenvalue weighted by Crippen LogP contribution is -2.38. The molecule has 1 fully saturated rings. The van der Waals surface area contributed by atoms with E-state index in [1.807, 2.05) is 38.2 Å². The number of likely N-dealkylation sites (tertiary alicyclic amines) is 1. The van der Waals surface area contributed by atoms with E-state index in [0.717, 1.165) is 53.9 Å². The highest BCUT2D eigenvalue weighted by Crippen LogP contribution is 2.31. The Balaban J connectivity index is 0.00000102. The van der Waals surface area contributed by atoms with Gasteiger partial charge in [0.25, 0.3) is 0 Å². The van der Waals surface area contributed by atoms with Gasteiger partial charge in [0.05, 0.1) is 6.04 Å². The van der Waals surface area contributed by atoms with Gasteiger partial charge in [-0.3, -0.25) is 5.21 Å². The maximum atomic E-state index is 13.5. The van der Waals surface area contributed by atoms with Crippen LogP contribution in [0.3, 0.4) is 0 Å². The third-order valence-corrected chi connectivity index (χ3v) is 5.46. The summed E-state index contributed by atoms with van der Waals surface area (Å²) in [4.78, 5) is 2.35. The van der Waals surface area contributed by atoms with Crippen LogP contribution in [-0.2, 0) is 6.42 Å². The molecule has 146 valence electrons. The summed E-state index contributed by atoms with van der Waals surface area (Å²) in [5, 5.41) is 13.0. The van der Waals surface area contributed by atoms with Gasteiger partial charge in [-0.2, -0.15) is 5.17 Å². The molecule has 1 saturated heterocycles. The number of nitrogens with zero attached hydrogens (tertiary/aromatic N) is 2. The van der Waals surface area contributed by atoms with Crippen LogP contribution in [0.15, 0.2) is 48.2 Å². The van der Waals surface area contributed by atoms with Crippen molar-refractivity contribution < 1.29 is 9.60 Å². The molecular weight excluding hydrogens is 341 g/mol. The molecule has 2 N–H and O–H groups in total. The lowest BCUT2D eigenvalue weighted by atomic mass is 9.84. The molecule has 0 bridgehead atoms. The Kier molecular flexibility index (Phi) is 6.47. The number of hydrazine groups is 1. The molecule has 2 aromatic rings. The van der Waals surface area contributed by atoms with Gasteiger partial charge >= 0.3 is 0 Å². The minimum Gasteiger partial charge on any atom is -0.306 e. The fourth-order valence-electron chi connectivity index (χ4n) is 4.03. The van der Waals surface area contributed by atoms with Gasteiger partial charge in [0, 0.05) is 6.20 Å². The lowest BCUT2D eigenvalue weighted by molar-refractivity contribution is -0.0839. The average Bonchev–Trinajstić information content (AvgIpc) is 3.04. The van der Waals surface area contributed by atoms with E-state index in [1.54, 1.807) is 6.07 Å². The van der Waals surface area contributed by atoms with E-state index in [2.05, 4.69) is 23.4 Å². The van der Waals surface area contributed by atoms with E-state index in [9.17, 15) is 9.60 Å². The average molecular weight is 372 g/mol. The number of rotatable bonds is 3. The van der Waals surface area contributed by atoms with Crippen molar-refractivity contribution in [3.8, 4) is 0 Å². The van der Waals surface area contributed by atoms with Crippen LogP contribution in [0.25, 0.3) is 10.8 Å². The van der Waals surface area contributed by atoms with E-state index in [0.29, 0.717) is 5.92 Å². The molecule has 0 aromatic heterocycles. The second kappa shape index (κ2) is 8.83. The molecule has 0 saturated carbocycles. The largest absolute Gasteiger partial charge is 0.306 e. The van der Waals surface area contributed by atoms with Gasteiger partial charge in [-0.15, -0.1) is 0 Å². The Morgan fingerprint density at radius 2 is 1.78 bits per heavy atom. The maximum Gasteiger partial charge on any atom is 0.123 e. The Morgan fingerprint density at radius 1 is 1.07 bits per heavy atom. The molecule has 1 unspecified atom stereocenters. The zero-order valence-corrected chi connectivity index (χ0v) is 16.5. The summed E-state index contributed by atoms with van der Waals surface area (Å²) in [6.45, 7) is 6.19. The highest BCUT2D eigenvalue weighted by Gasteiger charge is 2.31. The van der Waals surface area contributed by atoms with Crippen LogP contribution in [0.5, 0.6) is 0 Å². The van der Waals surface area contributed by atoms with Crippen molar-refractivity contribution in [2.24, 2.45) is 5.92 Å². The van der Waals surface area contributed by atoms with Crippen molar-refractivity contribution in [1.82, 2.24) is 15.5 Å². The predicted octanol–water partition coefficient (Wildman–Crippen LogP) is 4.35. The van der Waals surface area contributed by atoms with E-state index in [4.69, 9.17) is 0 Å². The van der Waals surface area contributed by atoms with Crippen LogP contribution >= 0.6 is 0 Å². The third kappa shape index (κ3) is 4.67. The molecule has 4 nitrogen and oxygen atoms in total. The molecule has 2 aromatic carbocycles. The molecule has 0 aliphatic carbocycles. The summed E-state index contributed by atoms with van der Waals surface area (Å²) in [5.41, 5.74) is 5.55. The van der Waals surface area contributed by atoms with E-state index in [1.165, 1.54) is 11.6 Å². The Morgan fingerprint density at radius 3 is 2.52 bits per heavy atom. The summed E-state index contributed by atoms with van der Waals surface area (Å²) in [6, 6.07) is 11.1. The van der Waals surface area contributed by atoms with Crippen LogP contribution in [0.1, 0.15) is 32.3 Å². The summed E-state index contributed by atoms with van der Waals surface area (Å²) in [5.74, 6) is 0.292. The van der Waals surface area contributed by atoms with Gasteiger partial charge in [-0.25, -0.2) is 9.82 Å². The van der Waals surface area contributed by atoms with Crippen molar-refractivity contribution in [3.05, 3.63) is 59.6 Å². The first kappa shape index (κ1) is 19.8. The molecule has 0 amide bonds. The number of fused-ring (bicyclic) bond motifs is 1. The first-order valence-corrected chi connectivity index (χ1v) is 9.91. The molecule has 2 heterocycles. The number of hydroxylamine groups is 1. The summed E-state index contributed by atoms with van der Waals surface area (Å²) in [7, 11) is 2.15. The van der Waals surface area contributed by atoms with Crippen LogP contribution in [0, 0.1) is 11.7 Å². The number of benzene rings is 2. The number of halogens is 1. The second-order valence-electron chi connectivity index (χ2n) is 7.26. The second-order valence-corrected chi connectivity index (χ2v) is 7.26. The molecule has 2 aliphatic heterocycles. The number of hydrogen-bond acceptors (Lipinski definition) is 4. The summed E-state index contributed by atoms with van der Waals surface area (Å²) in [6.07, 6.45) is 4.86. The van der Waals surface area contributed by atoms with Crippen molar-refractivity contribution >= 4 is 10.8 Å². The number of hydrogen-bond donors (Lipinski definition) is 2. The summed E-state index contributed by atoms with van der Waals surface area (Å²) < 4.78 is 13.5. The highest BCUT2D eigenvalue weighted by molar-refractivity contribution is 5.83. The minimum atomic E-state index is -0.211. The first-order valence-electron chi connectivity index (χ1n) is 9.91. The molecule has 1 atom stereocenters. The lowest BCUT2D eigenvalue weighted by Gasteiger charge is -2.31. The molecule has 0 spiro atoms. The van der Waals surface area contributed by atoms with Gasteiger partial charge in [0.1, 0.15) is 5.82 Å². The standard InChI is InChI=1S/C20H24FN3O.C2H6/c1-23-8-6-16(7-9-23)19-13-24(25)22-20(19)11-14-2-3-15-4-5-18(21)12-17(15)10-14;1-2/h2-5,10,12-13,16,20,22,25H,6-9,11H2,1H3;1-2H3. The van der Waals surface area contributed by atoms with Crippen LogP contribution in [-0.4, -0.2) is 41.5 Å². The van der Waals surface area contributed by atoms with Crippen molar-refractivity contribution in [1.29, 1.82) is 0 Å². The van der Waals surface area contributed by atoms with E-state index in [-0.39, 0.29) is 11.9 Å². The molecule has 27 heavy (non-hydrogen) atoms. The molecule has 0 radical (unpaired) electrons. The summed E-state index contributed by atoms with van der Waals surface area (Å²) >= 11 is 0. The van der Waals surface area contributed by atoms with Gasteiger partial charge in [0.2, 0.25) is 0 Å². The van der Waals surface area contributed by atoms with E-state index >= 15 is 0 Å². The Labute approximate surface area is 161 Å². The zero-order valence-electron chi connectivity index (χ0n) is 16.5. The Hall–Kier alpha value is -1.95. The van der Waals surface area contributed by atoms with Crippen LogP contribution in [0.2, 0.25) is 0 Å². The third-order valence-electron chi connectivity index (χ3n) is 5.46. The number of piperidine rings is 1. The van der Waals surface area contributed by atoms with Crippen LogP contribution < -0.4 is 5.43 Å². The highest BCUT2D eigenvalue weighted by atomic mass is 19.1. The fourth-order valence-corrected chi connectivity index (χ4v) is 4.03. The smallest absolute Gasteiger partial charge is 0.123 e. The van der Waals surface area contributed by atoms with Gasteiger partial charge in [-0.05, 0) is 79.4 Å². The monoisotopic (exact) mass is 371 g/mol. The zero-order chi connectivity index (χ0) is 19.4. The quantitative estimate of drug-likeness (QED) is 0.841. The fraction of sp³-hybridized carbons (Fsp3) is 0.455. The molecule has 2 aliphatic rings. The molecule has 5 heteroatoms. The van der Waals surface area contributed by atoms with Crippen molar-refractivity contribution in [2.45, 2.75) is 39.2 Å². The Bertz CT molecular complexity index is 799. The SMILES string of the molecule is CC.CN1CCC(C2=CN(O)NC2Cc2ccc3ccc(F)cc3c2)CC1. The maximum absolute atomic E-state index is 13.5. The molecule has 4 rings (SSSR count). The van der Waals surface area contributed by atoms with Crippen LogP contribution in [0.4, 0.5) is 4.39 Å². The van der Waals surface area contributed by atoms with Crippen molar-refractivity contribution in [2.75, 3.05) is 20.1 Å². The topological polar surface area (TPSA) is 38.7 Å². The minimum absolute atomic E-state index is 0.0874. The first-order chi connectivity index (χ1) is 13.1. The molecular formula is C22H30FN3O. The van der Waals surface area contributed by atoms with Crippen molar-refractivity contribution in [3.63, 3.8) is 0 Å². The van der Waals surface area contributed by atoms with Gasteiger partial charge in [0.15, 0.2) is 0 Å². The normalized spacial score (nSPS) is 21.1.